The van der Waals surface area contributed by atoms with Gasteiger partial charge in [-0.3, -0.25) is 10.1 Å². The van der Waals surface area contributed by atoms with Crippen molar-refractivity contribution in [2.75, 3.05) is 0 Å². The summed E-state index contributed by atoms with van der Waals surface area (Å²) in [6.07, 6.45) is 2.23. The van der Waals surface area contributed by atoms with Gasteiger partial charge >= 0.3 is 0 Å². The molecule has 0 unspecified atom stereocenters. The summed E-state index contributed by atoms with van der Waals surface area (Å²) in [7, 11) is 0. The van der Waals surface area contributed by atoms with Crippen molar-refractivity contribution in [3.63, 3.8) is 0 Å². The van der Waals surface area contributed by atoms with E-state index >= 15 is 0 Å². The maximum Gasteiger partial charge on any atom is 0.270 e. The van der Waals surface area contributed by atoms with Crippen LogP contribution in [-0.4, -0.2) is 10.0 Å². The molecule has 0 saturated heterocycles. The van der Waals surface area contributed by atoms with Crippen molar-refractivity contribution in [3.05, 3.63) is 46.2 Å². The highest BCUT2D eigenvalue weighted by Gasteiger charge is 2.02. The van der Waals surface area contributed by atoms with Crippen LogP contribution in [0.25, 0.3) is 6.08 Å². The molecule has 0 spiro atoms. The first-order valence-electron chi connectivity index (χ1n) is 3.29. The van der Waals surface area contributed by atoms with Crippen LogP contribution >= 0.6 is 0 Å². The van der Waals surface area contributed by atoms with Crippen molar-refractivity contribution in [2.24, 2.45) is 0 Å². The predicted octanol–water partition coefficient (Wildman–Crippen LogP) is 2.12. The standard InChI is InChI=1S/C8H7NO3/c10-5-4-7-2-1-3-8(6-7)9(11)12/h1-6,10H. The van der Waals surface area contributed by atoms with Crippen LogP contribution in [0.1, 0.15) is 5.56 Å². The molecule has 1 aromatic carbocycles. The summed E-state index contributed by atoms with van der Waals surface area (Å²) in [6.45, 7) is 0. The molecule has 0 atom stereocenters. The Bertz CT molecular complexity index is 320. The van der Waals surface area contributed by atoms with Crippen molar-refractivity contribution in [1.82, 2.24) is 0 Å². The highest BCUT2D eigenvalue weighted by atomic mass is 16.6. The Morgan fingerprint density at radius 1 is 1.50 bits per heavy atom. The third kappa shape index (κ3) is 1.82. The molecule has 0 fully saturated rings. The molecule has 0 bridgehead atoms. The van der Waals surface area contributed by atoms with Gasteiger partial charge < -0.3 is 5.11 Å². The Balaban J connectivity index is 3.03. The molecule has 0 heterocycles. The van der Waals surface area contributed by atoms with Gasteiger partial charge in [0.05, 0.1) is 11.2 Å². The summed E-state index contributed by atoms with van der Waals surface area (Å²) in [4.78, 5) is 9.80. The van der Waals surface area contributed by atoms with Crippen LogP contribution in [0.15, 0.2) is 30.5 Å². The second-order valence-corrected chi connectivity index (χ2v) is 2.17. The number of nitro benzene ring substituents is 1. The molecule has 12 heavy (non-hydrogen) atoms. The Labute approximate surface area is 68.9 Å². The van der Waals surface area contributed by atoms with Gasteiger partial charge in [-0.15, -0.1) is 0 Å². The first kappa shape index (κ1) is 8.26. The Morgan fingerprint density at radius 3 is 2.83 bits per heavy atom. The molecular formula is C8H7NO3. The minimum Gasteiger partial charge on any atom is -0.516 e. The lowest BCUT2D eigenvalue weighted by molar-refractivity contribution is -0.384. The molecule has 0 aliphatic carbocycles. The largest absolute Gasteiger partial charge is 0.516 e. The Kier molecular flexibility index (Phi) is 2.42. The lowest BCUT2D eigenvalue weighted by Gasteiger charge is -1.92. The minimum absolute atomic E-state index is 0.0191. The number of hydrogen-bond donors (Lipinski definition) is 1. The third-order valence-electron chi connectivity index (χ3n) is 1.35. The molecule has 0 saturated carbocycles. The maximum absolute atomic E-state index is 10.3. The highest BCUT2D eigenvalue weighted by molar-refractivity contribution is 5.52. The van der Waals surface area contributed by atoms with Gasteiger partial charge in [-0.05, 0) is 11.6 Å². The second-order valence-electron chi connectivity index (χ2n) is 2.17. The van der Waals surface area contributed by atoms with Crippen molar-refractivity contribution >= 4 is 11.8 Å². The van der Waals surface area contributed by atoms with Crippen LogP contribution in [0.3, 0.4) is 0 Å². The summed E-state index contributed by atoms with van der Waals surface area (Å²) in [5.41, 5.74) is 0.623. The van der Waals surface area contributed by atoms with E-state index in [0.29, 0.717) is 5.56 Å². The summed E-state index contributed by atoms with van der Waals surface area (Å²) in [5, 5.41) is 18.7. The number of nitrogens with zero attached hydrogens (tertiary/aromatic N) is 1. The zero-order valence-electron chi connectivity index (χ0n) is 6.18. The summed E-state index contributed by atoms with van der Waals surface area (Å²) in [5.74, 6) is 0. The fourth-order valence-electron chi connectivity index (χ4n) is 0.828. The fraction of sp³-hybridized carbons (Fsp3) is 0. The maximum atomic E-state index is 10.3. The smallest absolute Gasteiger partial charge is 0.270 e. The van der Waals surface area contributed by atoms with E-state index in [-0.39, 0.29) is 5.69 Å². The van der Waals surface area contributed by atoms with Crippen molar-refractivity contribution < 1.29 is 10.0 Å². The van der Waals surface area contributed by atoms with Crippen LogP contribution in [0.4, 0.5) is 5.69 Å². The fourth-order valence-corrected chi connectivity index (χ4v) is 0.828. The lowest BCUT2D eigenvalue weighted by atomic mass is 10.2. The summed E-state index contributed by atoms with van der Waals surface area (Å²) < 4.78 is 0. The number of aliphatic hydroxyl groups is 1. The molecule has 1 aromatic rings. The highest BCUT2D eigenvalue weighted by Crippen LogP contribution is 2.13. The molecule has 0 aliphatic heterocycles. The van der Waals surface area contributed by atoms with E-state index in [1.54, 1.807) is 12.1 Å². The topological polar surface area (TPSA) is 63.4 Å². The predicted molar refractivity (Wildman–Crippen MR) is 44.8 cm³/mol. The molecular weight excluding hydrogens is 158 g/mol. The van der Waals surface area contributed by atoms with Crippen LogP contribution in [0.2, 0.25) is 0 Å². The van der Waals surface area contributed by atoms with Gasteiger partial charge in [-0.1, -0.05) is 12.1 Å². The van der Waals surface area contributed by atoms with E-state index in [1.807, 2.05) is 0 Å². The van der Waals surface area contributed by atoms with E-state index < -0.39 is 4.92 Å². The quantitative estimate of drug-likeness (QED) is 0.414. The van der Waals surface area contributed by atoms with Gasteiger partial charge in [0.2, 0.25) is 0 Å². The Hall–Kier alpha value is -1.84. The van der Waals surface area contributed by atoms with Crippen molar-refractivity contribution in [1.29, 1.82) is 0 Å². The van der Waals surface area contributed by atoms with E-state index in [2.05, 4.69) is 0 Å². The molecule has 0 aliphatic rings. The normalized spacial score (nSPS) is 10.3. The SMILES string of the molecule is O=[N+]([O-])c1cccc(C=CO)c1. The lowest BCUT2D eigenvalue weighted by Crippen LogP contribution is -1.87. The second kappa shape index (κ2) is 3.52. The number of benzene rings is 1. The van der Waals surface area contributed by atoms with Gasteiger partial charge in [0.1, 0.15) is 0 Å². The van der Waals surface area contributed by atoms with E-state index in [4.69, 9.17) is 5.11 Å². The van der Waals surface area contributed by atoms with Gasteiger partial charge in [0.15, 0.2) is 0 Å². The summed E-state index contributed by atoms with van der Waals surface area (Å²) >= 11 is 0. The molecule has 0 aromatic heterocycles. The zero-order valence-corrected chi connectivity index (χ0v) is 6.18. The van der Waals surface area contributed by atoms with Crippen LogP contribution in [-0.2, 0) is 0 Å². The number of non-ortho nitro benzene ring substituents is 1. The average Bonchev–Trinajstić information content (AvgIpc) is 2.05. The minimum atomic E-state index is -0.477. The van der Waals surface area contributed by atoms with Gasteiger partial charge in [-0.25, -0.2) is 0 Å². The zero-order chi connectivity index (χ0) is 8.97. The summed E-state index contributed by atoms with van der Waals surface area (Å²) in [6, 6.07) is 6.01. The first-order chi connectivity index (χ1) is 5.74. The molecule has 4 nitrogen and oxygen atoms in total. The third-order valence-corrected chi connectivity index (χ3v) is 1.35. The van der Waals surface area contributed by atoms with Crippen molar-refractivity contribution in [3.8, 4) is 0 Å². The van der Waals surface area contributed by atoms with Gasteiger partial charge in [-0.2, -0.15) is 0 Å². The number of rotatable bonds is 2. The van der Waals surface area contributed by atoms with Crippen LogP contribution in [0.5, 0.6) is 0 Å². The van der Waals surface area contributed by atoms with Gasteiger partial charge in [0, 0.05) is 12.1 Å². The molecule has 4 heteroatoms. The van der Waals surface area contributed by atoms with E-state index in [9.17, 15) is 10.1 Å². The molecule has 1 N–H and O–H groups in total. The van der Waals surface area contributed by atoms with E-state index in [1.165, 1.54) is 18.2 Å². The Morgan fingerprint density at radius 2 is 2.25 bits per heavy atom. The monoisotopic (exact) mass is 165 g/mol. The van der Waals surface area contributed by atoms with Gasteiger partial charge in [0.25, 0.3) is 5.69 Å². The van der Waals surface area contributed by atoms with Crippen LogP contribution < -0.4 is 0 Å². The number of aliphatic hydroxyl groups excluding tert-OH is 1. The molecule has 0 radical (unpaired) electrons. The molecule has 1 rings (SSSR count). The van der Waals surface area contributed by atoms with E-state index in [0.717, 1.165) is 6.26 Å². The number of nitro groups is 1. The van der Waals surface area contributed by atoms with Crippen LogP contribution in [0, 0.1) is 10.1 Å². The molecule has 62 valence electrons. The molecule has 0 amide bonds. The van der Waals surface area contributed by atoms with Crippen molar-refractivity contribution in [2.45, 2.75) is 0 Å². The average molecular weight is 165 g/mol. The first-order valence-corrected chi connectivity index (χ1v) is 3.29. The number of hydrogen-bond acceptors (Lipinski definition) is 3.